The van der Waals surface area contributed by atoms with E-state index in [-0.39, 0.29) is 0 Å². The first kappa shape index (κ1) is 21.5. The van der Waals surface area contributed by atoms with Crippen LogP contribution in [0.5, 0.6) is 0 Å². The molecule has 0 saturated heterocycles. The van der Waals surface area contributed by atoms with Crippen molar-refractivity contribution in [3.05, 3.63) is 127 Å². The molecular weight excluding hydrogens is 490 g/mol. The molecule has 4 heteroatoms. The average Bonchev–Trinajstić information content (AvgIpc) is 3.57. The fourth-order valence-electron chi connectivity index (χ4n) is 6.28. The lowest BCUT2D eigenvalue weighted by Gasteiger charge is -2.14. The molecule has 0 amide bonds. The first-order valence-corrected chi connectivity index (χ1v) is 13.4. The SMILES string of the molecule is c1ccc(-c2nc3ccccc3nc2-n2c3ccccc3c3c4c5ccccc5oc4c4ccccc4c32)cc1. The quantitative estimate of drug-likeness (QED) is 0.232. The van der Waals surface area contributed by atoms with Crippen LogP contribution < -0.4 is 0 Å². The summed E-state index contributed by atoms with van der Waals surface area (Å²) in [5, 5.41) is 6.78. The lowest BCUT2D eigenvalue weighted by atomic mass is 9.99. The van der Waals surface area contributed by atoms with Gasteiger partial charge in [-0.25, -0.2) is 9.97 Å². The third-order valence-electron chi connectivity index (χ3n) is 7.96. The Labute approximate surface area is 228 Å². The molecule has 3 aromatic heterocycles. The van der Waals surface area contributed by atoms with Crippen molar-refractivity contribution in [1.29, 1.82) is 0 Å². The molecule has 186 valence electrons. The molecule has 9 aromatic rings. The molecule has 9 rings (SSSR count). The first-order valence-electron chi connectivity index (χ1n) is 13.4. The Hall–Kier alpha value is -5.48. The molecule has 0 atom stereocenters. The van der Waals surface area contributed by atoms with Gasteiger partial charge in [-0.15, -0.1) is 0 Å². The summed E-state index contributed by atoms with van der Waals surface area (Å²) in [4.78, 5) is 10.5. The van der Waals surface area contributed by atoms with Gasteiger partial charge < -0.3 is 4.42 Å². The summed E-state index contributed by atoms with van der Waals surface area (Å²) >= 11 is 0. The smallest absolute Gasteiger partial charge is 0.165 e. The van der Waals surface area contributed by atoms with Gasteiger partial charge in [0.1, 0.15) is 16.9 Å². The number of hydrogen-bond donors (Lipinski definition) is 0. The van der Waals surface area contributed by atoms with Crippen LogP contribution in [0.25, 0.3) is 82.6 Å². The summed E-state index contributed by atoms with van der Waals surface area (Å²) in [6.45, 7) is 0. The van der Waals surface area contributed by atoms with Crippen molar-refractivity contribution in [2.75, 3.05) is 0 Å². The van der Waals surface area contributed by atoms with E-state index in [1.54, 1.807) is 0 Å². The molecule has 3 heterocycles. The highest BCUT2D eigenvalue weighted by molar-refractivity contribution is 6.36. The number of nitrogens with zero attached hydrogens (tertiary/aromatic N) is 3. The van der Waals surface area contributed by atoms with Gasteiger partial charge in [0.25, 0.3) is 0 Å². The van der Waals surface area contributed by atoms with Crippen LogP contribution in [0.4, 0.5) is 0 Å². The fourth-order valence-corrected chi connectivity index (χ4v) is 6.28. The van der Waals surface area contributed by atoms with Gasteiger partial charge in [0.15, 0.2) is 5.82 Å². The Bertz CT molecular complexity index is 2430. The standard InChI is InChI=1S/C36H21N3O/c1-2-12-22(13-3-1)33-36(38-28-19-9-8-18-27(28)37-33)39-29-20-10-6-16-25(29)31-32-26-17-7-11-21-30(26)40-35(32)24-15-5-4-14-23(24)34(31)39/h1-21H. The molecule has 0 aliphatic rings. The summed E-state index contributed by atoms with van der Waals surface area (Å²) < 4.78 is 8.87. The van der Waals surface area contributed by atoms with Crippen LogP contribution >= 0.6 is 0 Å². The molecule has 6 aromatic carbocycles. The van der Waals surface area contributed by atoms with Gasteiger partial charge >= 0.3 is 0 Å². The molecule has 0 bridgehead atoms. The molecule has 0 saturated carbocycles. The lowest BCUT2D eigenvalue weighted by molar-refractivity contribution is 0.673. The third kappa shape index (κ3) is 2.85. The summed E-state index contributed by atoms with van der Waals surface area (Å²) in [7, 11) is 0. The maximum Gasteiger partial charge on any atom is 0.165 e. The molecule has 0 N–H and O–H groups in total. The number of fused-ring (bicyclic) bond motifs is 11. The van der Waals surface area contributed by atoms with Crippen LogP contribution in [-0.4, -0.2) is 14.5 Å². The second kappa shape index (κ2) is 8.01. The number of para-hydroxylation sites is 4. The van der Waals surface area contributed by atoms with Crippen LogP contribution in [0.2, 0.25) is 0 Å². The first-order chi connectivity index (χ1) is 19.9. The van der Waals surface area contributed by atoms with E-state index >= 15 is 0 Å². The van der Waals surface area contributed by atoms with E-state index in [1.165, 1.54) is 5.39 Å². The van der Waals surface area contributed by atoms with E-state index in [4.69, 9.17) is 14.4 Å². The van der Waals surface area contributed by atoms with Crippen molar-refractivity contribution in [3.8, 4) is 17.1 Å². The Morgan fingerprint density at radius 1 is 0.500 bits per heavy atom. The number of benzene rings is 6. The van der Waals surface area contributed by atoms with Crippen LogP contribution in [0.1, 0.15) is 0 Å². The van der Waals surface area contributed by atoms with Gasteiger partial charge in [-0.2, -0.15) is 0 Å². The van der Waals surface area contributed by atoms with Gasteiger partial charge in [-0.05, 0) is 24.3 Å². The number of furan rings is 1. The molecule has 4 nitrogen and oxygen atoms in total. The van der Waals surface area contributed by atoms with Crippen LogP contribution in [0, 0.1) is 0 Å². The zero-order valence-corrected chi connectivity index (χ0v) is 21.4. The van der Waals surface area contributed by atoms with Crippen molar-refractivity contribution in [2.24, 2.45) is 0 Å². The second-order valence-corrected chi connectivity index (χ2v) is 10.2. The van der Waals surface area contributed by atoms with Gasteiger partial charge in [0.05, 0.1) is 22.1 Å². The predicted molar refractivity (Wildman–Crippen MR) is 164 cm³/mol. The maximum absolute atomic E-state index is 6.55. The monoisotopic (exact) mass is 511 g/mol. The fraction of sp³-hybridized carbons (Fsp3) is 0. The topological polar surface area (TPSA) is 43.9 Å². The Morgan fingerprint density at radius 2 is 1.12 bits per heavy atom. The summed E-state index contributed by atoms with van der Waals surface area (Å²) in [6, 6.07) is 43.9. The molecule has 0 aliphatic heterocycles. The number of aromatic nitrogens is 3. The highest BCUT2D eigenvalue weighted by atomic mass is 16.3. The molecule has 40 heavy (non-hydrogen) atoms. The molecular formula is C36H21N3O. The van der Waals surface area contributed by atoms with Gasteiger partial charge in [0.2, 0.25) is 0 Å². The highest BCUT2D eigenvalue weighted by Crippen LogP contribution is 2.46. The predicted octanol–water partition coefficient (Wildman–Crippen LogP) is 9.45. The molecule has 0 aliphatic carbocycles. The average molecular weight is 512 g/mol. The van der Waals surface area contributed by atoms with E-state index in [0.29, 0.717) is 0 Å². The second-order valence-electron chi connectivity index (χ2n) is 10.2. The van der Waals surface area contributed by atoms with Crippen molar-refractivity contribution < 1.29 is 4.42 Å². The minimum absolute atomic E-state index is 0.813. The van der Waals surface area contributed by atoms with Crippen LogP contribution in [0.15, 0.2) is 132 Å². The summed E-state index contributed by atoms with van der Waals surface area (Å²) in [5.41, 5.74) is 7.62. The largest absolute Gasteiger partial charge is 0.455 e. The van der Waals surface area contributed by atoms with E-state index < -0.39 is 0 Å². The zero-order chi connectivity index (χ0) is 26.2. The number of rotatable bonds is 2. The lowest BCUT2D eigenvalue weighted by Crippen LogP contribution is -2.04. The minimum Gasteiger partial charge on any atom is -0.455 e. The van der Waals surface area contributed by atoms with Crippen molar-refractivity contribution in [3.63, 3.8) is 0 Å². The van der Waals surface area contributed by atoms with E-state index in [9.17, 15) is 0 Å². The van der Waals surface area contributed by atoms with Crippen molar-refractivity contribution in [2.45, 2.75) is 0 Å². The highest BCUT2D eigenvalue weighted by Gasteiger charge is 2.25. The van der Waals surface area contributed by atoms with Crippen molar-refractivity contribution >= 4 is 65.6 Å². The van der Waals surface area contributed by atoms with Gasteiger partial charge in [0, 0.05) is 37.9 Å². The molecule has 0 spiro atoms. The normalized spacial score (nSPS) is 12.0. The van der Waals surface area contributed by atoms with E-state index in [2.05, 4.69) is 95.6 Å². The zero-order valence-electron chi connectivity index (χ0n) is 21.4. The van der Waals surface area contributed by atoms with Crippen LogP contribution in [-0.2, 0) is 0 Å². The molecule has 0 radical (unpaired) electrons. The Morgan fingerprint density at radius 3 is 1.95 bits per heavy atom. The summed E-state index contributed by atoms with van der Waals surface area (Å²) in [5.74, 6) is 0.813. The van der Waals surface area contributed by atoms with Crippen molar-refractivity contribution in [1.82, 2.24) is 14.5 Å². The minimum atomic E-state index is 0.813. The van der Waals surface area contributed by atoms with E-state index in [1.807, 2.05) is 36.4 Å². The van der Waals surface area contributed by atoms with Gasteiger partial charge in [-0.1, -0.05) is 103 Å². The molecule has 0 unspecified atom stereocenters. The number of hydrogen-bond acceptors (Lipinski definition) is 3. The van der Waals surface area contributed by atoms with Crippen LogP contribution in [0.3, 0.4) is 0 Å². The van der Waals surface area contributed by atoms with E-state index in [0.717, 1.165) is 77.2 Å². The van der Waals surface area contributed by atoms with Gasteiger partial charge in [-0.3, -0.25) is 4.57 Å². The molecule has 0 fully saturated rings. The summed E-state index contributed by atoms with van der Waals surface area (Å²) in [6.07, 6.45) is 0. The Balaban J connectivity index is 1.58. The maximum atomic E-state index is 6.55. The Kier molecular flexibility index (Phi) is 4.30. The third-order valence-corrected chi connectivity index (χ3v) is 7.96.